The van der Waals surface area contributed by atoms with Crippen LogP contribution in [0.5, 0.6) is 0 Å². The van der Waals surface area contributed by atoms with Gasteiger partial charge in [0.15, 0.2) is 0 Å². The Bertz CT molecular complexity index is 1120. The van der Waals surface area contributed by atoms with Crippen molar-refractivity contribution in [2.24, 2.45) is 5.92 Å². The molecule has 0 spiro atoms. The Morgan fingerprint density at radius 3 is 2.53 bits per heavy atom. The molecule has 4 aliphatic heterocycles. The third-order valence-electron chi connectivity index (χ3n) is 6.13. The highest BCUT2D eigenvalue weighted by molar-refractivity contribution is 6.08. The van der Waals surface area contributed by atoms with Gasteiger partial charge in [0.05, 0.1) is 17.9 Å². The number of carbonyl (C=O) groups excluding carboxylic acids is 2. The third-order valence-corrected chi connectivity index (χ3v) is 6.13. The Morgan fingerprint density at radius 2 is 1.94 bits per heavy atom. The first-order valence-corrected chi connectivity index (χ1v) is 10.3. The molecule has 10 nitrogen and oxygen atoms in total. The highest BCUT2D eigenvalue weighted by Gasteiger charge is 2.59. The number of allylic oxidation sites excluding steroid dienone is 2. The monoisotopic (exact) mass is 480 g/mol. The van der Waals surface area contributed by atoms with Gasteiger partial charge in [-0.05, 0) is 42.5 Å². The van der Waals surface area contributed by atoms with Crippen LogP contribution in [0.2, 0.25) is 0 Å². The minimum atomic E-state index is -5.08. The first kappa shape index (κ1) is 23.4. The zero-order valence-corrected chi connectivity index (χ0v) is 17.5. The van der Waals surface area contributed by atoms with E-state index < -0.39 is 18.1 Å². The molecule has 1 aromatic rings. The van der Waals surface area contributed by atoms with Crippen LogP contribution in [0.3, 0.4) is 0 Å². The predicted molar refractivity (Wildman–Crippen MR) is 108 cm³/mol. The maximum atomic E-state index is 12.8. The van der Waals surface area contributed by atoms with E-state index >= 15 is 0 Å². The number of halogens is 3. The second kappa shape index (κ2) is 8.56. The number of pyridine rings is 1. The van der Waals surface area contributed by atoms with Crippen molar-refractivity contribution in [3.8, 4) is 0 Å². The fourth-order valence-electron chi connectivity index (χ4n) is 4.67. The molecular formula is C21H19F3N4O6. The number of carboxylic acids is 2. The normalized spacial score (nSPS) is 26.8. The van der Waals surface area contributed by atoms with Crippen molar-refractivity contribution < 1.29 is 42.6 Å². The van der Waals surface area contributed by atoms with Crippen molar-refractivity contribution in [3.63, 3.8) is 0 Å². The lowest BCUT2D eigenvalue weighted by molar-refractivity contribution is -0.192. The lowest BCUT2D eigenvalue weighted by atomic mass is 9.79. The molecule has 0 saturated carbocycles. The van der Waals surface area contributed by atoms with Crippen molar-refractivity contribution in [1.82, 2.24) is 15.2 Å². The van der Waals surface area contributed by atoms with E-state index in [0.717, 1.165) is 5.69 Å². The molecular weight excluding hydrogens is 461 g/mol. The van der Waals surface area contributed by atoms with Crippen LogP contribution in [-0.2, 0) is 19.2 Å². The molecule has 180 valence electrons. The number of aliphatic carboxylic acids is 2. The van der Waals surface area contributed by atoms with Crippen LogP contribution >= 0.6 is 0 Å². The van der Waals surface area contributed by atoms with E-state index in [9.17, 15) is 32.7 Å². The summed E-state index contributed by atoms with van der Waals surface area (Å²) in [6.45, 7) is 1.22. The number of rotatable bonds is 3. The molecule has 3 saturated heterocycles. The van der Waals surface area contributed by atoms with Crippen LogP contribution in [0, 0.1) is 5.92 Å². The van der Waals surface area contributed by atoms with Gasteiger partial charge in [0.1, 0.15) is 11.7 Å². The molecule has 0 bridgehead atoms. The van der Waals surface area contributed by atoms with E-state index in [2.05, 4.69) is 10.3 Å². The van der Waals surface area contributed by atoms with Crippen LogP contribution in [0.4, 0.5) is 18.9 Å². The Labute approximate surface area is 190 Å². The molecule has 1 aromatic heterocycles. The Balaban J connectivity index is 0.000000344. The minimum Gasteiger partial charge on any atom is -0.477 e. The second-order valence-corrected chi connectivity index (χ2v) is 8.12. The third kappa shape index (κ3) is 4.02. The summed E-state index contributed by atoms with van der Waals surface area (Å²) in [5, 5.41) is 20.0. The molecule has 0 aliphatic carbocycles. The number of hydrogen-bond donors (Lipinski definition) is 3. The van der Waals surface area contributed by atoms with Gasteiger partial charge in [0, 0.05) is 24.9 Å². The van der Waals surface area contributed by atoms with Crippen LogP contribution in [-0.4, -0.2) is 75.2 Å². The lowest BCUT2D eigenvalue weighted by Crippen LogP contribution is -2.68. The summed E-state index contributed by atoms with van der Waals surface area (Å²) < 4.78 is 31.7. The number of β-lactam (4-membered cyclic amide) rings is 1. The highest BCUT2D eigenvalue weighted by atomic mass is 19.4. The molecule has 5 rings (SSSR count). The van der Waals surface area contributed by atoms with Crippen molar-refractivity contribution in [3.05, 3.63) is 47.4 Å². The molecule has 3 N–H and O–H groups in total. The number of carboxylic acid groups (broad SMARTS) is 2. The van der Waals surface area contributed by atoms with Gasteiger partial charge in [0.2, 0.25) is 5.91 Å². The summed E-state index contributed by atoms with van der Waals surface area (Å²) in [4.78, 5) is 53.0. The standard InChI is InChI=1S/C19H18N4O4.C2HF3O2/c24-17-10(3-5-22(17)13-2-1-4-20-9-13)6-11-7-12-8-21-14-15(12)23(18(14)25)16(11)19(26)27;3-2(4,5)1(6)7/h1-2,4,6,9,12,14-15,21H,3,5,7-8H2,(H,26,27);(H,6,7)/b10-6+;/t12-,14+,15-;/m1./s1. The predicted octanol–water partition coefficient (Wildman–Crippen LogP) is 0.919. The van der Waals surface area contributed by atoms with E-state index in [0.29, 0.717) is 37.1 Å². The summed E-state index contributed by atoms with van der Waals surface area (Å²) in [6.07, 6.45) is 0.987. The molecule has 2 amide bonds. The molecule has 4 aliphatic rings. The number of nitrogens with one attached hydrogen (secondary N) is 1. The molecule has 3 atom stereocenters. The number of carbonyl (C=O) groups is 4. The number of alkyl halides is 3. The maximum absolute atomic E-state index is 12.8. The molecule has 5 heterocycles. The zero-order chi connectivity index (χ0) is 24.8. The zero-order valence-electron chi connectivity index (χ0n) is 17.5. The number of hydrogen-bond acceptors (Lipinski definition) is 6. The smallest absolute Gasteiger partial charge is 0.477 e. The van der Waals surface area contributed by atoms with Gasteiger partial charge in [-0.2, -0.15) is 13.2 Å². The van der Waals surface area contributed by atoms with E-state index in [4.69, 9.17) is 9.90 Å². The number of amides is 2. The van der Waals surface area contributed by atoms with Gasteiger partial charge < -0.3 is 20.4 Å². The van der Waals surface area contributed by atoms with Crippen molar-refractivity contribution in [2.45, 2.75) is 31.1 Å². The van der Waals surface area contributed by atoms with Crippen LogP contribution in [0.15, 0.2) is 47.4 Å². The largest absolute Gasteiger partial charge is 0.490 e. The fourth-order valence-corrected chi connectivity index (χ4v) is 4.67. The van der Waals surface area contributed by atoms with Crippen LogP contribution < -0.4 is 10.2 Å². The number of nitrogens with zero attached hydrogens (tertiary/aromatic N) is 3. The highest BCUT2D eigenvalue weighted by Crippen LogP contribution is 2.44. The maximum Gasteiger partial charge on any atom is 0.490 e. The van der Waals surface area contributed by atoms with Gasteiger partial charge in [-0.3, -0.25) is 19.5 Å². The molecule has 0 aromatic carbocycles. The van der Waals surface area contributed by atoms with E-state index in [1.807, 2.05) is 6.07 Å². The summed E-state index contributed by atoms with van der Waals surface area (Å²) >= 11 is 0. The lowest BCUT2D eigenvalue weighted by Gasteiger charge is -2.48. The van der Waals surface area contributed by atoms with Gasteiger partial charge >= 0.3 is 18.1 Å². The Kier molecular flexibility index (Phi) is 5.89. The SMILES string of the molecule is O=C(O)C(F)(F)F.O=C(O)C1=C(/C=C2\CCN(c3cccnc3)C2=O)C[C@@H]2CN[C@@H]3C(=O)N1[C@H]23. The first-order chi connectivity index (χ1) is 16.0. The average molecular weight is 480 g/mol. The van der Waals surface area contributed by atoms with Gasteiger partial charge in [0.25, 0.3) is 5.91 Å². The van der Waals surface area contributed by atoms with E-state index in [-0.39, 0.29) is 35.5 Å². The van der Waals surface area contributed by atoms with Crippen LogP contribution in [0.1, 0.15) is 12.8 Å². The van der Waals surface area contributed by atoms with Crippen molar-refractivity contribution in [1.29, 1.82) is 0 Å². The minimum absolute atomic E-state index is 0.0290. The van der Waals surface area contributed by atoms with Gasteiger partial charge in [-0.1, -0.05) is 0 Å². The van der Waals surface area contributed by atoms with Gasteiger partial charge in [-0.15, -0.1) is 0 Å². The van der Waals surface area contributed by atoms with Gasteiger partial charge in [-0.25, -0.2) is 9.59 Å². The quantitative estimate of drug-likeness (QED) is 0.429. The van der Waals surface area contributed by atoms with Crippen LogP contribution in [0.25, 0.3) is 0 Å². The Hall–Kier alpha value is -3.74. The second-order valence-electron chi connectivity index (χ2n) is 8.12. The molecule has 34 heavy (non-hydrogen) atoms. The number of aromatic nitrogens is 1. The summed E-state index contributed by atoms with van der Waals surface area (Å²) in [5.74, 6) is -4.01. The average Bonchev–Trinajstić information content (AvgIpc) is 3.35. The molecule has 13 heteroatoms. The molecule has 0 radical (unpaired) electrons. The molecule has 3 fully saturated rings. The summed E-state index contributed by atoms with van der Waals surface area (Å²) in [5.41, 5.74) is 1.89. The van der Waals surface area contributed by atoms with Crippen molar-refractivity contribution >= 4 is 29.4 Å². The van der Waals surface area contributed by atoms with E-state index in [1.165, 1.54) is 4.90 Å². The van der Waals surface area contributed by atoms with E-state index in [1.54, 1.807) is 29.4 Å². The summed E-state index contributed by atoms with van der Waals surface area (Å²) in [6, 6.07) is 3.27. The topological polar surface area (TPSA) is 140 Å². The van der Waals surface area contributed by atoms with Crippen molar-refractivity contribution in [2.75, 3.05) is 18.0 Å². The Morgan fingerprint density at radius 1 is 1.24 bits per heavy atom. The summed E-state index contributed by atoms with van der Waals surface area (Å²) in [7, 11) is 0. The molecule has 0 unspecified atom stereocenters. The number of anilines is 1. The fraction of sp³-hybridized carbons (Fsp3) is 0.381. The first-order valence-electron chi connectivity index (χ1n) is 10.3.